The van der Waals surface area contributed by atoms with Crippen LogP contribution in [-0.2, 0) is 14.3 Å². The van der Waals surface area contributed by atoms with Crippen LogP contribution in [0.2, 0.25) is 0 Å². The molecule has 0 aliphatic carbocycles. The molecule has 0 aromatic carbocycles. The summed E-state index contributed by atoms with van der Waals surface area (Å²) in [7, 11) is 1.37. The highest BCUT2D eigenvalue weighted by Gasteiger charge is 2.07. The molecule has 0 radical (unpaired) electrons. The second-order valence-electron chi connectivity index (χ2n) is 2.70. The van der Waals surface area contributed by atoms with Gasteiger partial charge in [-0.1, -0.05) is 17.1 Å². The van der Waals surface area contributed by atoms with Crippen molar-refractivity contribution < 1.29 is 19.6 Å². The van der Waals surface area contributed by atoms with Gasteiger partial charge in [0.05, 0.1) is 7.11 Å². The summed E-state index contributed by atoms with van der Waals surface area (Å²) >= 11 is 0. The van der Waals surface area contributed by atoms with Crippen LogP contribution in [-0.4, -0.2) is 19.4 Å². The van der Waals surface area contributed by atoms with E-state index in [1.54, 1.807) is 4.75 Å². The zero-order valence-corrected chi connectivity index (χ0v) is 8.23. The first-order valence-electron chi connectivity index (χ1n) is 4.04. The van der Waals surface area contributed by atoms with Crippen LogP contribution in [0.4, 0.5) is 0 Å². The van der Waals surface area contributed by atoms with Gasteiger partial charge in [-0.25, -0.2) is 0 Å². The maximum Gasteiger partial charge on any atom is 0.305 e. The Balaban J connectivity index is 0. The molecular weight excluding hydrogens is 192 g/mol. The maximum atomic E-state index is 10.7. The first-order valence-corrected chi connectivity index (χ1v) is 4.04. The lowest BCUT2D eigenvalue weighted by Crippen LogP contribution is -2.07. The third-order valence-electron chi connectivity index (χ3n) is 1.52. The van der Waals surface area contributed by atoms with Gasteiger partial charge in [0.15, 0.2) is 4.75 Å². The molecule has 0 unspecified atom stereocenters. The van der Waals surface area contributed by atoms with Gasteiger partial charge in [-0.15, -0.1) is 0 Å². The Morgan fingerprint density at radius 1 is 1.64 bits per heavy atom. The van der Waals surface area contributed by atoms with Crippen LogP contribution in [0, 0.1) is 15.6 Å². The van der Waals surface area contributed by atoms with Crippen molar-refractivity contribution in [1.29, 1.82) is 0 Å². The minimum atomic E-state index is -0.205. The summed E-state index contributed by atoms with van der Waals surface area (Å²) in [6, 6.07) is 0. The molecule has 0 N–H and O–H groups in total. The highest BCUT2D eigenvalue weighted by Crippen LogP contribution is 2.09. The van der Waals surface area contributed by atoms with Crippen LogP contribution < -0.4 is 5.26 Å². The van der Waals surface area contributed by atoms with Gasteiger partial charge in [-0.2, -0.15) is 0 Å². The minimum Gasteiger partial charge on any atom is -0.469 e. The summed E-state index contributed by atoms with van der Waals surface area (Å²) in [6.07, 6.45) is 2.56. The monoisotopic (exact) mass is 206 g/mol. The number of ether oxygens (including phenoxy) is 1. The average molecular weight is 206 g/mol. The Bertz CT molecular complexity index is 167. The van der Waals surface area contributed by atoms with Crippen LogP contribution in [0.3, 0.4) is 0 Å². The quantitative estimate of drug-likeness (QED) is 0.208. The van der Waals surface area contributed by atoms with Crippen LogP contribution in [0.15, 0.2) is 0 Å². The molecule has 0 heterocycles. The number of rotatable bonds is 5. The van der Waals surface area contributed by atoms with E-state index in [1.807, 2.05) is 6.92 Å². The summed E-state index contributed by atoms with van der Waals surface area (Å²) < 4.78 is 6.22. The second-order valence-corrected chi connectivity index (χ2v) is 2.70. The first-order chi connectivity index (χ1) is 6.62. The Hall–Kier alpha value is -1.46. The van der Waals surface area contributed by atoms with Crippen LogP contribution in [0.25, 0.3) is 0 Å². The zero-order chi connectivity index (χ0) is 11.4. The van der Waals surface area contributed by atoms with E-state index in [-0.39, 0.29) is 11.9 Å². The van der Waals surface area contributed by atoms with E-state index < -0.39 is 0 Å². The Kier molecular flexibility index (Phi) is 12.4. The Morgan fingerprint density at radius 3 is 2.50 bits per heavy atom. The lowest BCUT2D eigenvalue weighted by Gasteiger charge is -2.06. The normalized spacial score (nSPS) is 10.4. The molecule has 0 aliphatic heterocycles. The fourth-order valence-electron chi connectivity index (χ4n) is 0.822. The summed E-state index contributed by atoms with van der Waals surface area (Å²) in [5.41, 5.74) is 0. The van der Waals surface area contributed by atoms with E-state index in [0.29, 0.717) is 12.8 Å². The Labute approximate surface area is 81.7 Å². The molecule has 0 aromatic heterocycles. The largest absolute Gasteiger partial charge is 0.469 e. The van der Waals surface area contributed by atoms with Crippen LogP contribution >= 0.6 is 0 Å². The molecule has 1 atom stereocenters. The van der Waals surface area contributed by atoms with E-state index in [2.05, 4.69) is 4.74 Å². The molecule has 14 heavy (non-hydrogen) atoms. The summed E-state index contributed by atoms with van der Waals surface area (Å²) in [5, 5.41) is 7.88. The van der Waals surface area contributed by atoms with Gasteiger partial charge in [0, 0.05) is 12.8 Å². The Morgan fingerprint density at radius 2 is 2.14 bits per heavy atom. The third kappa shape index (κ3) is 13.2. The van der Waals surface area contributed by atoms with Crippen molar-refractivity contribution in [1.82, 2.24) is 0 Å². The maximum absolute atomic E-state index is 10.7. The van der Waals surface area contributed by atoms with Crippen LogP contribution in [0.1, 0.15) is 26.2 Å². The van der Waals surface area contributed by atoms with Gasteiger partial charge in [-0.3, -0.25) is 4.79 Å². The summed E-state index contributed by atoms with van der Waals surface area (Å²) in [5.74, 6) is 0.0380. The number of hydrogen-bond donors (Lipinski definition) is 0. The van der Waals surface area contributed by atoms with Gasteiger partial charge in [-0.05, 0) is 12.3 Å². The number of carbonyl (C=O) groups excluding carboxylic acids is 2. The van der Waals surface area contributed by atoms with Gasteiger partial charge < -0.3 is 9.53 Å². The lowest BCUT2D eigenvalue weighted by molar-refractivity contribution is -0.284. The highest BCUT2D eigenvalue weighted by molar-refractivity contribution is 5.69. The molecule has 6 nitrogen and oxygen atoms in total. The topological polar surface area (TPSA) is 94.8 Å². The van der Waals surface area contributed by atoms with Crippen molar-refractivity contribution in [3.8, 4) is 0 Å². The molecular formula is C8H14O6. The lowest BCUT2D eigenvalue weighted by atomic mass is 10.0. The molecule has 0 fully saturated rings. The fraction of sp³-hybridized carbons (Fsp3) is 0.750. The molecule has 0 saturated carbocycles. The molecule has 0 saturated heterocycles. The number of methoxy groups -OCH3 is 1. The van der Waals surface area contributed by atoms with Crippen molar-refractivity contribution in [2.24, 2.45) is 5.92 Å². The van der Waals surface area contributed by atoms with E-state index >= 15 is 0 Å². The summed E-state index contributed by atoms with van der Waals surface area (Å²) in [6.45, 7) is 1.93. The predicted molar refractivity (Wildman–Crippen MR) is 47.8 cm³/mol. The fourth-order valence-corrected chi connectivity index (χ4v) is 0.822. The van der Waals surface area contributed by atoms with E-state index in [9.17, 15) is 9.59 Å². The molecule has 0 aliphatic rings. The average Bonchev–Trinajstić information content (AvgIpc) is 2.15. The number of carbonyl (C=O) groups is 2. The standard InChI is InChI=1S/C8H14O3.O3/c1-7(4-3-5-9)6-8(10)11-2;1-3-2/h5,7H,3-4,6H2,1-2H3;/t7-;/m1./s1. The highest BCUT2D eigenvalue weighted by atomic mass is 17.2. The second kappa shape index (κ2) is 11.5. The molecule has 0 rings (SSSR count). The molecule has 0 spiro atoms. The number of esters is 1. The van der Waals surface area contributed by atoms with Crippen molar-refractivity contribution in [3.63, 3.8) is 0 Å². The molecule has 6 heteroatoms. The van der Waals surface area contributed by atoms with Gasteiger partial charge in [0.25, 0.3) is 0 Å². The van der Waals surface area contributed by atoms with Gasteiger partial charge >= 0.3 is 5.97 Å². The first kappa shape index (κ1) is 15.0. The van der Waals surface area contributed by atoms with E-state index in [0.717, 1.165) is 12.7 Å². The summed E-state index contributed by atoms with van der Waals surface area (Å²) in [4.78, 5) is 28.5. The van der Waals surface area contributed by atoms with E-state index in [4.69, 9.17) is 10.2 Å². The number of aldehydes is 1. The predicted octanol–water partition coefficient (Wildman–Crippen LogP) is 0.0427. The van der Waals surface area contributed by atoms with Crippen molar-refractivity contribution in [2.45, 2.75) is 26.2 Å². The van der Waals surface area contributed by atoms with Gasteiger partial charge in [0.2, 0.25) is 0 Å². The van der Waals surface area contributed by atoms with Gasteiger partial charge in [0.1, 0.15) is 6.29 Å². The third-order valence-corrected chi connectivity index (χ3v) is 1.52. The number of hydrogen-bond acceptors (Lipinski definition) is 5. The minimum absolute atomic E-state index is 0.205. The van der Waals surface area contributed by atoms with Crippen molar-refractivity contribution >= 4 is 12.3 Å². The zero-order valence-electron chi connectivity index (χ0n) is 8.23. The van der Waals surface area contributed by atoms with Crippen molar-refractivity contribution in [3.05, 3.63) is 9.71 Å². The smallest absolute Gasteiger partial charge is 0.305 e. The van der Waals surface area contributed by atoms with Crippen molar-refractivity contribution in [2.75, 3.05) is 7.11 Å². The molecule has 0 bridgehead atoms. The molecule has 0 amide bonds. The van der Waals surface area contributed by atoms with E-state index in [1.165, 1.54) is 7.11 Å². The van der Waals surface area contributed by atoms with Crippen LogP contribution in [0.5, 0.6) is 0 Å². The molecule has 0 aromatic rings. The SMILES string of the molecule is COC(=O)C[C@H](C)CCC=O.O=[O+][O-]. The molecule has 82 valence electrons.